The van der Waals surface area contributed by atoms with Crippen molar-refractivity contribution in [3.8, 4) is 0 Å². The monoisotopic (exact) mass is 360 g/mol. The van der Waals surface area contributed by atoms with E-state index in [-0.39, 0.29) is 6.42 Å². The predicted octanol–water partition coefficient (Wildman–Crippen LogP) is 6.66. The Balaban J connectivity index is 1.98. The Hall–Kier alpha value is -1.77. The van der Waals surface area contributed by atoms with Crippen LogP contribution in [0.25, 0.3) is 0 Å². The first kappa shape index (κ1) is 22.3. The number of benzene rings is 1. The molecule has 3 heteroatoms. The number of aliphatic carboxylic acids is 1. The maximum atomic E-state index is 10.6. The van der Waals surface area contributed by atoms with Crippen LogP contribution in [0.1, 0.15) is 88.7 Å². The van der Waals surface area contributed by atoms with Gasteiger partial charge in [0, 0.05) is 6.42 Å². The number of ether oxygens (including phenoxy) is 1. The molecule has 0 radical (unpaired) electrons. The second-order valence-electron chi connectivity index (χ2n) is 7.01. The molecule has 146 valence electrons. The average Bonchev–Trinajstić information content (AvgIpc) is 2.64. The highest BCUT2D eigenvalue weighted by molar-refractivity contribution is 5.67. The first-order valence-electron chi connectivity index (χ1n) is 10.3. The summed E-state index contributed by atoms with van der Waals surface area (Å²) in [6.07, 6.45) is 18.0. The highest BCUT2D eigenvalue weighted by Crippen LogP contribution is 2.11. The minimum absolute atomic E-state index is 0.178. The molecule has 1 aromatic carbocycles. The standard InChI is InChI=1S/C23H36O3/c1-2-3-4-5-6-7-8-9-10-11-12-19-26-20-22-15-13-21(14-16-22)17-18-23(24)25/h12-16,19H,2-11,17-18,20H2,1H3,(H,24,25)/b19-12-. The maximum Gasteiger partial charge on any atom is 0.303 e. The van der Waals surface area contributed by atoms with E-state index in [2.05, 4.69) is 13.0 Å². The van der Waals surface area contributed by atoms with E-state index in [1.54, 1.807) is 0 Å². The van der Waals surface area contributed by atoms with Crippen LogP contribution in [0.4, 0.5) is 0 Å². The topological polar surface area (TPSA) is 46.5 Å². The van der Waals surface area contributed by atoms with Crippen LogP contribution < -0.4 is 0 Å². The summed E-state index contributed by atoms with van der Waals surface area (Å²) in [6, 6.07) is 7.97. The fraction of sp³-hybridized carbons (Fsp3) is 0.609. The third kappa shape index (κ3) is 12.6. The van der Waals surface area contributed by atoms with E-state index in [0.717, 1.165) is 17.5 Å². The van der Waals surface area contributed by atoms with E-state index in [9.17, 15) is 4.79 Å². The molecule has 1 N–H and O–H groups in total. The normalized spacial score (nSPS) is 11.1. The summed E-state index contributed by atoms with van der Waals surface area (Å²) in [5.74, 6) is -0.755. The molecule has 0 fully saturated rings. The molecule has 0 unspecified atom stereocenters. The first-order chi connectivity index (χ1) is 12.7. The molecular formula is C23H36O3. The summed E-state index contributed by atoms with van der Waals surface area (Å²) >= 11 is 0. The number of rotatable bonds is 16. The molecule has 0 aliphatic rings. The van der Waals surface area contributed by atoms with Gasteiger partial charge in [-0.25, -0.2) is 0 Å². The van der Waals surface area contributed by atoms with Gasteiger partial charge in [-0.15, -0.1) is 0 Å². The number of aryl methyl sites for hydroxylation is 1. The van der Waals surface area contributed by atoms with Gasteiger partial charge >= 0.3 is 5.97 Å². The lowest BCUT2D eigenvalue weighted by atomic mass is 10.1. The molecule has 0 heterocycles. The Morgan fingerprint density at radius 2 is 1.50 bits per heavy atom. The number of carboxylic acids is 1. The molecule has 0 spiro atoms. The lowest BCUT2D eigenvalue weighted by molar-refractivity contribution is -0.136. The van der Waals surface area contributed by atoms with E-state index in [0.29, 0.717) is 13.0 Å². The second-order valence-corrected chi connectivity index (χ2v) is 7.01. The molecular weight excluding hydrogens is 324 g/mol. The molecule has 0 amide bonds. The van der Waals surface area contributed by atoms with Gasteiger partial charge in [-0.1, -0.05) is 82.6 Å². The fourth-order valence-corrected chi connectivity index (χ4v) is 2.91. The lowest BCUT2D eigenvalue weighted by Gasteiger charge is -2.04. The summed E-state index contributed by atoms with van der Waals surface area (Å²) in [6.45, 7) is 2.82. The van der Waals surface area contributed by atoms with Crippen LogP contribution in [0.15, 0.2) is 36.6 Å². The summed E-state index contributed by atoms with van der Waals surface area (Å²) in [5.41, 5.74) is 2.16. The van der Waals surface area contributed by atoms with Crippen LogP contribution in [-0.4, -0.2) is 11.1 Å². The zero-order chi connectivity index (χ0) is 18.9. The number of carboxylic acid groups (broad SMARTS) is 1. The third-order valence-electron chi connectivity index (χ3n) is 4.57. The third-order valence-corrected chi connectivity index (χ3v) is 4.57. The largest absolute Gasteiger partial charge is 0.497 e. The van der Waals surface area contributed by atoms with Gasteiger partial charge in [-0.2, -0.15) is 0 Å². The number of allylic oxidation sites excluding steroid dienone is 1. The highest BCUT2D eigenvalue weighted by atomic mass is 16.5. The number of unbranched alkanes of at least 4 members (excludes halogenated alkanes) is 9. The van der Waals surface area contributed by atoms with Gasteiger partial charge in [0.1, 0.15) is 6.61 Å². The van der Waals surface area contributed by atoms with Crippen LogP contribution >= 0.6 is 0 Å². The minimum atomic E-state index is -0.755. The number of carbonyl (C=O) groups is 1. The highest BCUT2D eigenvalue weighted by Gasteiger charge is 1.99. The lowest BCUT2D eigenvalue weighted by Crippen LogP contribution is -1.97. The van der Waals surface area contributed by atoms with E-state index < -0.39 is 5.97 Å². The van der Waals surface area contributed by atoms with Crippen LogP contribution in [0.5, 0.6) is 0 Å². The summed E-state index contributed by atoms with van der Waals surface area (Å²) in [5, 5.41) is 8.69. The Morgan fingerprint density at radius 1 is 0.923 bits per heavy atom. The summed E-state index contributed by atoms with van der Waals surface area (Å²) < 4.78 is 5.57. The molecule has 1 rings (SSSR count). The minimum Gasteiger partial charge on any atom is -0.497 e. The summed E-state index contributed by atoms with van der Waals surface area (Å²) in [7, 11) is 0. The van der Waals surface area contributed by atoms with Crippen molar-refractivity contribution in [3.63, 3.8) is 0 Å². The van der Waals surface area contributed by atoms with E-state index in [1.165, 1.54) is 57.8 Å². The molecule has 26 heavy (non-hydrogen) atoms. The summed E-state index contributed by atoms with van der Waals surface area (Å²) in [4.78, 5) is 10.6. The smallest absolute Gasteiger partial charge is 0.303 e. The number of hydrogen-bond acceptors (Lipinski definition) is 2. The van der Waals surface area contributed by atoms with Crippen LogP contribution in [0.2, 0.25) is 0 Å². The molecule has 0 aliphatic carbocycles. The number of hydrogen-bond donors (Lipinski definition) is 1. The molecule has 0 saturated heterocycles. The zero-order valence-electron chi connectivity index (χ0n) is 16.4. The van der Waals surface area contributed by atoms with Gasteiger partial charge in [0.15, 0.2) is 0 Å². The van der Waals surface area contributed by atoms with E-state index in [1.807, 2.05) is 30.5 Å². The molecule has 0 atom stereocenters. The quantitative estimate of drug-likeness (QED) is 0.265. The fourth-order valence-electron chi connectivity index (χ4n) is 2.91. The van der Waals surface area contributed by atoms with Crippen molar-refractivity contribution in [3.05, 3.63) is 47.7 Å². The Kier molecular flexibility index (Phi) is 13.3. The van der Waals surface area contributed by atoms with Gasteiger partial charge in [0.2, 0.25) is 0 Å². The molecule has 0 saturated carbocycles. The first-order valence-corrected chi connectivity index (χ1v) is 10.3. The Bertz CT molecular complexity index is 491. The van der Waals surface area contributed by atoms with Crippen LogP contribution in [-0.2, 0) is 22.6 Å². The molecule has 3 nitrogen and oxygen atoms in total. The molecule has 0 aromatic heterocycles. The molecule has 1 aromatic rings. The van der Waals surface area contributed by atoms with Gasteiger partial charge in [-0.05, 0) is 36.5 Å². The van der Waals surface area contributed by atoms with E-state index in [4.69, 9.17) is 9.84 Å². The van der Waals surface area contributed by atoms with Crippen LogP contribution in [0, 0.1) is 0 Å². The Labute approximate surface area is 159 Å². The Morgan fingerprint density at radius 3 is 2.12 bits per heavy atom. The van der Waals surface area contributed by atoms with Crippen LogP contribution in [0.3, 0.4) is 0 Å². The maximum absolute atomic E-state index is 10.6. The SMILES string of the molecule is CCCCCCCCCCC/C=C\OCc1ccc(CCC(=O)O)cc1. The van der Waals surface area contributed by atoms with Gasteiger partial charge < -0.3 is 9.84 Å². The molecule has 0 bridgehead atoms. The predicted molar refractivity (Wildman–Crippen MR) is 108 cm³/mol. The van der Waals surface area contributed by atoms with Gasteiger partial charge in [0.25, 0.3) is 0 Å². The van der Waals surface area contributed by atoms with Crippen molar-refractivity contribution in [2.75, 3.05) is 0 Å². The van der Waals surface area contributed by atoms with E-state index >= 15 is 0 Å². The van der Waals surface area contributed by atoms with Gasteiger partial charge in [0.05, 0.1) is 6.26 Å². The molecule has 0 aliphatic heterocycles. The van der Waals surface area contributed by atoms with Gasteiger partial charge in [-0.3, -0.25) is 4.79 Å². The van der Waals surface area contributed by atoms with Crippen molar-refractivity contribution in [1.82, 2.24) is 0 Å². The zero-order valence-corrected chi connectivity index (χ0v) is 16.4. The van der Waals surface area contributed by atoms with Crippen molar-refractivity contribution in [1.29, 1.82) is 0 Å². The van der Waals surface area contributed by atoms with Crippen molar-refractivity contribution in [2.45, 2.75) is 90.6 Å². The second kappa shape index (κ2) is 15.5. The van der Waals surface area contributed by atoms with Crippen molar-refractivity contribution >= 4 is 5.97 Å². The van der Waals surface area contributed by atoms with Crippen molar-refractivity contribution in [2.24, 2.45) is 0 Å². The average molecular weight is 361 g/mol. The van der Waals surface area contributed by atoms with Crippen molar-refractivity contribution < 1.29 is 14.6 Å².